The van der Waals surface area contributed by atoms with Gasteiger partial charge in [0.1, 0.15) is 5.82 Å². The van der Waals surface area contributed by atoms with E-state index in [1.807, 2.05) is 36.4 Å². The third-order valence-electron chi connectivity index (χ3n) is 5.70. The van der Waals surface area contributed by atoms with Gasteiger partial charge in [0, 0.05) is 24.6 Å². The van der Waals surface area contributed by atoms with Crippen LogP contribution in [-0.4, -0.2) is 24.2 Å². The minimum Gasteiger partial charge on any atom is -0.356 e. The normalized spacial score (nSPS) is 18.8. The molecule has 0 bridgehead atoms. The van der Waals surface area contributed by atoms with Crippen molar-refractivity contribution in [3.05, 3.63) is 77.7 Å². The molecule has 5 nitrogen and oxygen atoms in total. The van der Waals surface area contributed by atoms with Gasteiger partial charge in [-0.2, -0.15) is 0 Å². The number of nitrogens with one attached hydrogen (secondary N) is 2. The van der Waals surface area contributed by atoms with Crippen molar-refractivity contribution < 1.29 is 13.7 Å². The van der Waals surface area contributed by atoms with Crippen molar-refractivity contribution >= 4 is 5.91 Å². The van der Waals surface area contributed by atoms with Crippen LogP contribution in [-0.2, 0) is 17.8 Å². The number of hydrogen-bond donors (Lipinski definition) is 2. The Bertz CT molecular complexity index is 956. The van der Waals surface area contributed by atoms with Crippen LogP contribution in [0.4, 0.5) is 4.39 Å². The Labute approximate surface area is 175 Å². The number of hydrogen-bond acceptors (Lipinski definition) is 4. The van der Waals surface area contributed by atoms with Crippen LogP contribution in [0.3, 0.4) is 0 Å². The second-order valence-corrected chi connectivity index (χ2v) is 7.87. The molecule has 2 heterocycles. The number of aromatic nitrogens is 1. The van der Waals surface area contributed by atoms with Crippen LogP contribution < -0.4 is 10.6 Å². The number of carbonyl (C=O) groups excluding carboxylic acids is 1. The molecular weight excluding hydrogens is 381 g/mol. The van der Waals surface area contributed by atoms with Crippen molar-refractivity contribution in [2.45, 2.75) is 25.8 Å². The minimum atomic E-state index is -0.278. The number of amides is 1. The lowest BCUT2D eigenvalue weighted by Crippen LogP contribution is -2.40. The minimum absolute atomic E-state index is 0.0860. The predicted octanol–water partition coefficient (Wildman–Crippen LogP) is 3.96. The fourth-order valence-corrected chi connectivity index (χ4v) is 4.02. The van der Waals surface area contributed by atoms with E-state index in [9.17, 15) is 9.18 Å². The first-order valence-corrected chi connectivity index (χ1v) is 10.4. The van der Waals surface area contributed by atoms with Crippen LogP contribution in [0.1, 0.15) is 24.1 Å². The molecule has 3 aromatic rings. The number of nitrogens with zero attached hydrogens (tertiary/aromatic N) is 1. The van der Waals surface area contributed by atoms with E-state index in [0.29, 0.717) is 30.6 Å². The molecule has 2 atom stereocenters. The molecule has 0 unspecified atom stereocenters. The number of piperidine rings is 1. The summed E-state index contributed by atoms with van der Waals surface area (Å²) in [5, 5.41) is 10.7. The molecule has 0 spiro atoms. The molecule has 1 aliphatic rings. The topological polar surface area (TPSA) is 67.2 Å². The highest BCUT2D eigenvalue weighted by molar-refractivity contribution is 5.76. The van der Waals surface area contributed by atoms with E-state index in [2.05, 4.69) is 15.8 Å². The number of halogens is 1. The smallest absolute Gasteiger partial charge is 0.220 e. The highest BCUT2D eigenvalue weighted by Gasteiger charge is 2.28. The van der Waals surface area contributed by atoms with Gasteiger partial charge in [-0.05, 0) is 67.6 Å². The van der Waals surface area contributed by atoms with E-state index in [4.69, 9.17) is 4.52 Å². The monoisotopic (exact) mass is 407 g/mol. The number of benzene rings is 2. The highest BCUT2D eigenvalue weighted by atomic mass is 19.1. The number of rotatable bonds is 7. The third-order valence-corrected chi connectivity index (χ3v) is 5.70. The molecule has 1 aliphatic heterocycles. The van der Waals surface area contributed by atoms with E-state index >= 15 is 0 Å². The second kappa shape index (κ2) is 9.67. The summed E-state index contributed by atoms with van der Waals surface area (Å²) in [6.07, 6.45) is 2.22. The second-order valence-electron chi connectivity index (χ2n) is 7.87. The quantitative estimate of drug-likeness (QED) is 0.622. The molecule has 0 radical (unpaired) electrons. The molecule has 0 saturated carbocycles. The van der Waals surface area contributed by atoms with Crippen LogP contribution in [0, 0.1) is 17.7 Å². The summed E-state index contributed by atoms with van der Waals surface area (Å²) in [6, 6.07) is 18.0. The van der Waals surface area contributed by atoms with Gasteiger partial charge in [0.05, 0.1) is 5.69 Å². The van der Waals surface area contributed by atoms with E-state index in [0.717, 1.165) is 42.8 Å². The van der Waals surface area contributed by atoms with Gasteiger partial charge in [-0.3, -0.25) is 4.79 Å². The van der Waals surface area contributed by atoms with Crippen LogP contribution in [0.5, 0.6) is 0 Å². The van der Waals surface area contributed by atoms with Crippen LogP contribution in [0.2, 0.25) is 0 Å². The Hall–Kier alpha value is -2.99. The van der Waals surface area contributed by atoms with Gasteiger partial charge in [0.2, 0.25) is 5.91 Å². The predicted molar refractivity (Wildman–Crippen MR) is 113 cm³/mol. The standard InChI is InChI=1S/C24H26FN3O2/c25-21-8-6-18(7-9-21)23-14-22(28-30-23)12-20-16-26-11-10-19(20)13-24(29)27-15-17-4-2-1-3-5-17/h1-9,14,19-20,26H,10-13,15-16H2,(H,27,29)/t19-,20+/m1/s1. The molecule has 1 amide bonds. The molecule has 156 valence electrons. The summed E-state index contributed by atoms with van der Waals surface area (Å²) in [4.78, 5) is 12.5. The average molecular weight is 407 g/mol. The lowest BCUT2D eigenvalue weighted by atomic mass is 9.81. The van der Waals surface area contributed by atoms with Gasteiger partial charge in [-0.1, -0.05) is 35.5 Å². The zero-order chi connectivity index (χ0) is 20.8. The van der Waals surface area contributed by atoms with Crippen LogP contribution in [0.25, 0.3) is 11.3 Å². The summed E-state index contributed by atoms with van der Waals surface area (Å²) in [6.45, 7) is 2.34. The molecule has 4 rings (SSSR count). The zero-order valence-electron chi connectivity index (χ0n) is 16.8. The maximum atomic E-state index is 13.1. The zero-order valence-corrected chi connectivity index (χ0v) is 16.8. The molecule has 1 saturated heterocycles. The van der Waals surface area contributed by atoms with Gasteiger partial charge in [-0.15, -0.1) is 0 Å². The van der Waals surface area contributed by atoms with Gasteiger partial charge >= 0.3 is 0 Å². The average Bonchev–Trinajstić information content (AvgIpc) is 3.23. The van der Waals surface area contributed by atoms with Crippen molar-refractivity contribution in [2.24, 2.45) is 11.8 Å². The summed E-state index contributed by atoms with van der Waals surface area (Å²) < 4.78 is 18.6. The molecule has 1 fully saturated rings. The largest absolute Gasteiger partial charge is 0.356 e. The maximum absolute atomic E-state index is 13.1. The number of carbonyl (C=O) groups is 1. The Kier molecular flexibility index (Phi) is 6.54. The summed E-state index contributed by atoms with van der Waals surface area (Å²) >= 11 is 0. The van der Waals surface area contributed by atoms with Gasteiger partial charge in [-0.25, -0.2) is 4.39 Å². The van der Waals surface area contributed by atoms with E-state index in [1.165, 1.54) is 12.1 Å². The van der Waals surface area contributed by atoms with E-state index in [-0.39, 0.29) is 11.7 Å². The summed E-state index contributed by atoms with van der Waals surface area (Å²) in [5.74, 6) is 1.05. The lowest BCUT2D eigenvalue weighted by molar-refractivity contribution is -0.122. The Morgan fingerprint density at radius 3 is 2.73 bits per heavy atom. The highest BCUT2D eigenvalue weighted by Crippen LogP contribution is 2.28. The van der Waals surface area contributed by atoms with Crippen molar-refractivity contribution in [2.75, 3.05) is 13.1 Å². The molecule has 1 aromatic heterocycles. The molecule has 2 aromatic carbocycles. The van der Waals surface area contributed by atoms with Gasteiger partial charge in [0.15, 0.2) is 5.76 Å². The van der Waals surface area contributed by atoms with Crippen molar-refractivity contribution in [3.63, 3.8) is 0 Å². The van der Waals surface area contributed by atoms with Gasteiger partial charge in [0.25, 0.3) is 0 Å². The fourth-order valence-electron chi connectivity index (χ4n) is 4.02. The van der Waals surface area contributed by atoms with Crippen molar-refractivity contribution in [1.29, 1.82) is 0 Å². The molecular formula is C24H26FN3O2. The van der Waals surface area contributed by atoms with Crippen LogP contribution in [0.15, 0.2) is 65.2 Å². The van der Waals surface area contributed by atoms with Crippen molar-refractivity contribution in [1.82, 2.24) is 15.8 Å². The van der Waals surface area contributed by atoms with Crippen LogP contribution >= 0.6 is 0 Å². The first-order valence-electron chi connectivity index (χ1n) is 10.4. The van der Waals surface area contributed by atoms with E-state index < -0.39 is 0 Å². The first kappa shape index (κ1) is 20.3. The molecule has 0 aliphatic carbocycles. The van der Waals surface area contributed by atoms with Crippen molar-refractivity contribution in [3.8, 4) is 11.3 Å². The Balaban J connectivity index is 1.34. The Morgan fingerprint density at radius 2 is 1.93 bits per heavy atom. The molecule has 2 N–H and O–H groups in total. The van der Waals surface area contributed by atoms with E-state index in [1.54, 1.807) is 12.1 Å². The summed E-state index contributed by atoms with van der Waals surface area (Å²) in [5.41, 5.74) is 2.76. The fraction of sp³-hybridized carbons (Fsp3) is 0.333. The third kappa shape index (κ3) is 5.33. The molecule has 30 heavy (non-hydrogen) atoms. The van der Waals surface area contributed by atoms with Gasteiger partial charge < -0.3 is 15.2 Å². The summed E-state index contributed by atoms with van der Waals surface area (Å²) in [7, 11) is 0. The SMILES string of the molecule is O=C(C[C@H]1CCNC[C@@H]1Cc1cc(-c2ccc(F)cc2)on1)NCc1ccccc1. The maximum Gasteiger partial charge on any atom is 0.220 e. The lowest BCUT2D eigenvalue weighted by Gasteiger charge is -2.31. The molecule has 6 heteroatoms. The first-order chi connectivity index (χ1) is 14.7. The Morgan fingerprint density at radius 1 is 1.13 bits per heavy atom.